The van der Waals surface area contributed by atoms with Crippen molar-refractivity contribution in [1.82, 2.24) is 29.1 Å². The maximum Gasteiger partial charge on any atom is 0.350 e. The van der Waals surface area contributed by atoms with Crippen molar-refractivity contribution in [2.45, 2.75) is 18.7 Å². The van der Waals surface area contributed by atoms with Gasteiger partial charge in [-0.1, -0.05) is 28.1 Å². The van der Waals surface area contributed by atoms with Crippen LogP contribution in [0.25, 0.3) is 5.69 Å². The highest BCUT2D eigenvalue weighted by atomic mass is 79.9. The molecule has 0 spiro atoms. The number of nitrogens with one attached hydrogen (secondary N) is 1. The molecule has 1 amide bonds. The monoisotopic (exact) mass is 595 g/mol. The second-order valence-electron chi connectivity index (χ2n) is 8.70. The maximum absolute atomic E-state index is 14.7. The molecule has 5 aromatic rings. The fraction of sp³-hybridized carbons (Fsp3) is 0.115. The molecule has 5 rings (SSSR count). The van der Waals surface area contributed by atoms with Crippen LogP contribution in [0.2, 0.25) is 0 Å². The zero-order chi connectivity index (χ0) is 27.6. The largest absolute Gasteiger partial charge is 0.381 e. The Hall–Kier alpha value is -4.49. The minimum absolute atomic E-state index is 0.230. The smallest absolute Gasteiger partial charge is 0.350 e. The van der Waals surface area contributed by atoms with Crippen LogP contribution >= 0.6 is 15.9 Å². The number of carbonyl (C=O) groups is 1. The molecule has 2 heterocycles. The number of amides is 1. The summed E-state index contributed by atoms with van der Waals surface area (Å²) >= 11 is 3.34. The number of anilines is 1. The first-order valence-electron chi connectivity index (χ1n) is 11.5. The third-order valence-electron chi connectivity index (χ3n) is 5.96. The summed E-state index contributed by atoms with van der Waals surface area (Å²) in [6, 6.07) is 16.2. The molecule has 0 aliphatic heterocycles. The molecule has 0 saturated heterocycles. The lowest BCUT2D eigenvalue weighted by molar-refractivity contribution is -0.00948. The molecule has 1 unspecified atom stereocenters. The van der Waals surface area contributed by atoms with Crippen molar-refractivity contribution in [3.63, 3.8) is 0 Å². The van der Waals surface area contributed by atoms with Crippen molar-refractivity contribution in [2.75, 3.05) is 5.32 Å². The fourth-order valence-electron chi connectivity index (χ4n) is 4.08. The number of aliphatic hydroxyl groups is 1. The highest BCUT2D eigenvalue weighted by molar-refractivity contribution is 9.10. The topological polar surface area (TPSA) is 120 Å². The molecule has 2 N–H and O–H groups in total. The van der Waals surface area contributed by atoms with Gasteiger partial charge < -0.3 is 10.4 Å². The van der Waals surface area contributed by atoms with Crippen LogP contribution < -0.4 is 11.0 Å². The van der Waals surface area contributed by atoms with Gasteiger partial charge in [0.05, 0.1) is 18.8 Å². The van der Waals surface area contributed by atoms with Gasteiger partial charge >= 0.3 is 5.69 Å². The van der Waals surface area contributed by atoms with E-state index in [-0.39, 0.29) is 18.0 Å². The summed E-state index contributed by atoms with van der Waals surface area (Å²) in [5.74, 6) is -2.09. The van der Waals surface area contributed by atoms with E-state index in [4.69, 9.17) is 0 Å². The Kier molecular flexibility index (Phi) is 7.17. The normalized spacial score (nSPS) is 12.7. The van der Waals surface area contributed by atoms with Gasteiger partial charge in [0.2, 0.25) is 0 Å². The number of halogens is 3. The summed E-state index contributed by atoms with van der Waals surface area (Å²) in [7, 11) is 0. The van der Waals surface area contributed by atoms with Crippen LogP contribution in [0.15, 0.2) is 95.0 Å². The van der Waals surface area contributed by atoms with E-state index in [9.17, 15) is 23.5 Å². The first-order valence-corrected chi connectivity index (χ1v) is 12.3. The standard InChI is InChI=1S/C26H20BrF2N7O3/c27-18-3-1-2-17(10-18)24(37)33-20-5-7-21(8-6-20)35-16-32-36(25(35)38)13-26(39,12-34-15-30-14-31-34)22-9-4-19(28)11-23(22)29/h1-11,14-16,39H,12-13H2,(H,33,37). The van der Waals surface area contributed by atoms with Gasteiger partial charge in [0, 0.05) is 27.4 Å². The third-order valence-corrected chi connectivity index (χ3v) is 6.45. The SMILES string of the molecule is O=C(Nc1ccc(-n2cnn(CC(O)(Cn3cncn3)c3ccc(F)cc3F)c2=O)cc1)c1cccc(Br)c1. The highest BCUT2D eigenvalue weighted by Gasteiger charge is 2.35. The molecule has 10 nitrogen and oxygen atoms in total. The summed E-state index contributed by atoms with van der Waals surface area (Å²) in [5, 5.41) is 22.3. The molecule has 0 radical (unpaired) electrons. The number of benzene rings is 3. The average molecular weight is 596 g/mol. The Labute approximate surface area is 228 Å². The predicted molar refractivity (Wildman–Crippen MR) is 140 cm³/mol. The van der Waals surface area contributed by atoms with E-state index in [1.54, 1.807) is 42.5 Å². The Morgan fingerprint density at radius 2 is 1.79 bits per heavy atom. The van der Waals surface area contributed by atoms with Gasteiger partial charge in [-0.3, -0.25) is 4.79 Å². The van der Waals surface area contributed by atoms with Gasteiger partial charge in [0.25, 0.3) is 5.91 Å². The van der Waals surface area contributed by atoms with Crippen molar-refractivity contribution < 1.29 is 18.7 Å². The number of nitrogens with zero attached hydrogens (tertiary/aromatic N) is 6. The maximum atomic E-state index is 14.7. The van der Waals surface area contributed by atoms with E-state index in [2.05, 4.69) is 36.4 Å². The van der Waals surface area contributed by atoms with Gasteiger partial charge in [-0.05, 0) is 48.5 Å². The summed E-state index contributed by atoms with van der Waals surface area (Å²) in [4.78, 5) is 29.5. The molecule has 13 heteroatoms. The van der Waals surface area contributed by atoms with Crippen LogP contribution in [0, 0.1) is 11.6 Å². The highest BCUT2D eigenvalue weighted by Crippen LogP contribution is 2.28. The van der Waals surface area contributed by atoms with Gasteiger partial charge in [0.15, 0.2) is 0 Å². The van der Waals surface area contributed by atoms with Gasteiger partial charge in [-0.2, -0.15) is 10.2 Å². The average Bonchev–Trinajstić information content (AvgIpc) is 3.54. The lowest BCUT2D eigenvalue weighted by Crippen LogP contribution is -2.41. The Morgan fingerprint density at radius 1 is 1.00 bits per heavy atom. The third kappa shape index (κ3) is 5.68. The van der Waals surface area contributed by atoms with Crippen molar-refractivity contribution in [3.8, 4) is 5.69 Å². The molecule has 0 aliphatic carbocycles. The van der Waals surface area contributed by atoms with Gasteiger partial charge in [0.1, 0.15) is 36.2 Å². The molecule has 2 aromatic heterocycles. The lowest BCUT2D eigenvalue weighted by Gasteiger charge is -2.28. The fourth-order valence-corrected chi connectivity index (χ4v) is 4.48. The molecule has 0 fully saturated rings. The minimum atomic E-state index is -2.02. The quantitative estimate of drug-likeness (QED) is 0.283. The molecular formula is C26H20BrF2N7O3. The van der Waals surface area contributed by atoms with Crippen LogP contribution in [0.3, 0.4) is 0 Å². The predicted octanol–water partition coefficient (Wildman–Crippen LogP) is 3.51. The van der Waals surface area contributed by atoms with Crippen LogP contribution in [-0.4, -0.2) is 40.1 Å². The Bertz CT molecular complexity index is 1690. The number of rotatable bonds is 8. The summed E-state index contributed by atoms with van der Waals surface area (Å²) in [6.07, 6.45) is 3.83. The summed E-state index contributed by atoms with van der Waals surface area (Å²) in [5.41, 5.74) is -1.43. The second-order valence-corrected chi connectivity index (χ2v) is 9.62. The van der Waals surface area contributed by atoms with Crippen molar-refractivity contribution in [2.24, 2.45) is 0 Å². The van der Waals surface area contributed by atoms with E-state index in [1.165, 1.54) is 28.2 Å². The second kappa shape index (κ2) is 10.7. The van der Waals surface area contributed by atoms with Crippen LogP contribution in [0.4, 0.5) is 14.5 Å². The van der Waals surface area contributed by atoms with Crippen molar-refractivity contribution in [3.05, 3.63) is 123 Å². The Balaban J connectivity index is 1.39. The number of hydrogen-bond acceptors (Lipinski definition) is 6. The van der Waals surface area contributed by atoms with Crippen LogP contribution in [0.5, 0.6) is 0 Å². The minimum Gasteiger partial charge on any atom is -0.381 e. The first kappa shape index (κ1) is 26.1. The van der Waals surface area contributed by atoms with E-state index in [0.717, 1.165) is 21.3 Å². The van der Waals surface area contributed by atoms with Gasteiger partial charge in [-0.25, -0.2) is 32.5 Å². The summed E-state index contributed by atoms with van der Waals surface area (Å²) in [6.45, 7) is -0.733. The molecule has 39 heavy (non-hydrogen) atoms. The van der Waals surface area contributed by atoms with E-state index >= 15 is 0 Å². The van der Waals surface area contributed by atoms with Gasteiger partial charge in [-0.15, -0.1) is 0 Å². The molecule has 0 saturated carbocycles. The molecular weight excluding hydrogens is 576 g/mol. The number of aromatic nitrogens is 6. The van der Waals surface area contributed by atoms with Crippen LogP contribution in [-0.2, 0) is 18.7 Å². The molecule has 1 atom stereocenters. The van der Waals surface area contributed by atoms with Crippen molar-refractivity contribution in [1.29, 1.82) is 0 Å². The zero-order valence-electron chi connectivity index (χ0n) is 20.1. The number of carbonyl (C=O) groups excluding carboxylic acids is 1. The molecule has 0 aliphatic rings. The Morgan fingerprint density at radius 3 is 2.49 bits per heavy atom. The number of hydrogen-bond donors (Lipinski definition) is 2. The molecule has 198 valence electrons. The summed E-state index contributed by atoms with van der Waals surface area (Å²) < 4.78 is 32.5. The first-order chi connectivity index (χ1) is 18.7. The molecule has 3 aromatic carbocycles. The van der Waals surface area contributed by atoms with Crippen LogP contribution in [0.1, 0.15) is 15.9 Å². The van der Waals surface area contributed by atoms with E-state index in [0.29, 0.717) is 23.0 Å². The van der Waals surface area contributed by atoms with E-state index < -0.39 is 29.5 Å². The zero-order valence-corrected chi connectivity index (χ0v) is 21.7. The molecule has 0 bridgehead atoms. The van der Waals surface area contributed by atoms with Crippen molar-refractivity contribution >= 4 is 27.5 Å². The lowest BCUT2D eigenvalue weighted by atomic mass is 9.93. The van der Waals surface area contributed by atoms with E-state index in [1.807, 2.05) is 6.07 Å².